The summed E-state index contributed by atoms with van der Waals surface area (Å²) in [5.41, 5.74) is 8.88. The molecular formula is C16H23N5. The average Bonchev–Trinajstić information content (AvgIpc) is 2.84. The number of rotatable bonds is 2. The largest absolute Gasteiger partial charge is 0.399 e. The van der Waals surface area contributed by atoms with Gasteiger partial charge >= 0.3 is 0 Å². The number of tetrazole rings is 1. The Hall–Kier alpha value is -1.91. The Bertz CT molecular complexity index is 619. The zero-order valence-corrected chi connectivity index (χ0v) is 12.8. The highest BCUT2D eigenvalue weighted by molar-refractivity contribution is 5.65. The van der Waals surface area contributed by atoms with Crippen LogP contribution in [-0.4, -0.2) is 20.2 Å². The number of nitrogen functional groups attached to an aromatic ring is 1. The Morgan fingerprint density at radius 2 is 2.00 bits per heavy atom. The summed E-state index contributed by atoms with van der Waals surface area (Å²) in [5.74, 6) is 1.45. The van der Waals surface area contributed by atoms with Crippen LogP contribution in [0.4, 0.5) is 5.69 Å². The van der Waals surface area contributed by atoms with E-state index in [4.69, 9.17) is 5.73 Å². The van der Waals surface area contributed by atoms with Gasteiger partial charge in [-0.05, 0) is 53.8 Å². The minimum atomic E-state index is 0.387. The lowest BCUT2D eigenvalue weighted by atomic mass is 9.96. The van der Waals surface area contributed by atoms with Crippen LogP contribution in [0.3, 0.4) is 0 Å². The van der Waals surface area contributed by atoms with Crippen molar-refractivity contribution in [2.75, 3.05) is 5.73 Å². The van der Waals surface area contributed by atoms with Gasteiger partial charge in [0.2, 0.25) is 0 Å². The maximum atomic E-state index is 5.94. The van der Waals surface area contributed by atoms with Crippen LogP contribution in [0.25, 0.3) is 11.4 Å². The van der Waals surface area contributed by atoms with E-state index >= 15 is 0 Å². The molecule has 0 spiro atoms. The van der Waals surface area contributed by atoms with Gasteiger partial charge in [0.15, 0.2) is 5.82 Å². The van der Waals surface area contributed by atoms with Crippen LogP contribution in [0.2, 0.25) is 0 Å². The molecule has 0 bridgehead atoms. The number of nitrogens with zero attached hydrogens (tertiary/aromatic N) is 4. The first-order valence-corrected chi connectivity index (χ1v) is 7.81. The molecule has 0 aliphatic heterocycles. The van der Waals surface area contributed by atoms with E-state index in [9.17, 15) is 0 Å². The summed E-state index contributed by atoms with van der Waals surface area (Å²) in [6, 6.07) is 6.30. The molecule has 112 valence electrons. The van der Waals surface area contributed by atoms with Crippen molar-refractivity contribution in [3.8, 4) is 11.4 Å². The van der Waals surface area contributed by atoms with Crippen molar-refractivity contribution in [2.45, 2.75) is 52.0 Å². The zero-order chi connectivity index (χ0) is 14.8. The van der Waals surface area contributed by atoms with E-state index in [1.54, 1.807) is 0 Å². The number of aromatic nitrogens is 4. The lowest BCUT2D eigenvalue weighted by Crippen LogP contribution is -2.19. The molecule has 0 radical (unpaired) electrons. The molecule has 21 heavy (non-hydrogen) atoms. The smallest absolute Gasteiger partial charge is 0.182 e. The molecule has 2 N–H and O–H groups in total. The third-order valence-corrected chi connectivity index (χ3v) is 4.63. The Morgan fingerprint density at radius 3 is 2.86 bits per heavy atom. The van der Waals surface area contributed by atoms with Gasteiger partial charge in [0.25, 0.3) is 0 Å². The summed E-state index contributed by atoms with van der Waals surface area (Å²) in [6.45, 7) is 4.39. The van der Waals surface area contributed by atoms with Gasteiger partial charge in [-0.2, -0.15) is 0 Å². The second-order valence-corrected chi connectivity index (χ2v) is 6.20. The number of hydrogen-bond acceptors (Lipinski definition) is 4. The third kappa shape index (κ3) is 2.77. The Balaban J connectivity index is 2.02. The van der Waals surface area contributed by atoms with Crippen LogP contribution in [-0.2, 0) is 0 Å². The van der Waals surface area contributed by atoms with Crippen LogP contribution in [0.1, 0.15) is 50.6 Å². The van der Waals surface area contributed by atoms with Gasteiger partial charge in [-0.25, -0.2) is 4.68 Å². The highest BCUT2D eigenvalue weighted by atomic mass is 15.5. The molecule has 2 atom stereocenters. The topological polar surface area (TPSA) is 69.6 Å². The SMILES string of the molecule is Cc1ccc(N)cc1-c1nnnn1C1CCCCCC1C. The van der Waals surface area contributed by atoms with E-state index in [-0.39, 0.29) is 0 Å². The number of nitrogens with two attached hydrogens (primary N) is 1. The van der Waals surface area contributed by atoms with Gasteiger partial charge in [0.1, 0.15) is 0 Å². The van der Waals surface area contributed by atoms with Crippen molar-refractivity contribution in [3.63, 3.8) is 0 Å². The minimum Gasteiger partial charge on any atom is -0.399 e. The first kappa shape index (κ1) is 14.0. The zero-order valence-electron chi connectivity index (χ0n) is 12.8. The number of hydrogen-bond donors (Lipinski definition) is 1. The second-order valence-electron chi connectivity index (χ2n) is 6.20. The number of benzene rings is 1. The summed E-state index contributed by atoms with van der Waals surface area (Å²) < 4.78 is 2.03. The van der Waals surface area contributed by atoms with Crippen LogP contribution >= 0.6 is 0 Å². The Labute approximate surface area is 125 Å². The lowest BCUT2D eigenvalue weighted by Gasteiger charge is -2.22. The molecular weight excluding hydrogens is 262 g/mol. The van der Waals surface area contributed by atoms with Crippen molar-refractivity contribution >= 4 is 5.69 Å². The summed E-state index contributed by atoms with van der Waals surface area (Å²) >= 11 is 0. The van der Waals surface area contributed by atoms with Crippen molar-refractivity contribution in [3.05, 3.63) is 23.8 Å². The normalized spacial score (nSPS) is 23.0. The molecule has 3 rings (SSSR count). The van der Waals surface area contributed by atoms with Gasteiger partial charge in [-0.1, -0.05) is 32.3 Å². The average molecular weight is 285 g/mol. The maximum Gasteiger partial charge on any atom is 0.182 e. The van der Waals surface area contributed by atoms with E-state index in [1.807, 2.05) is 22.9 Å². The van der Waals surface area contributed by atoms with Gasteiger partial charge in [0.05, 0.1) is 6.04 Å². The molecule has 1 aromatic carbocycles. The van der Waals surface area contributed by atoms with E-state index in [2.05, 4.69) is 29.4 Å². The summed E-state index contributed by atoms with van der Waals surface area (Å²) in [5, 5.41) is 12.5. The highest BCUT2D eigenvalue weighted by Gasteiger charge is 2.26. The van der Waals surface area contributed by atoms with Crippen molar-refractivity contribution in [1.29, 1.82) is 0 Å². The number of aryl methyl sites for hydroxylation is 1. The predicted octanol–water partition coefficient (Wildman–Crippen LogP) is 3.37. The van der Waals surface area contributed by atoms with Gasteiger partial charge in [0, 0.05) is 11.3 Å². The monoisotopic (exact) mass is 285 g/mol. The quantitative estimate of drug-likeness (QED) is 0.678. The Kier molecular flexibility index (Phi) is 3.90. The second kappa shape index (κ2) is 5.84. The molecule has 0 saturated heterocycles. The van der Waals surface area contributed by atoms with E-state index in [0.717, 1.165) is 29.1 Å². The van der Waals surface area contributed by atoms with Crippen LogP contribution in [0.15, 0.2) is 18.2 Å². The molecule has 1 aliphatic rings. The molecule has 2 unspecified atom stereocenters. The molecule has 1 saturated carbocycles. The van der Waals surface area contributed by atoms with Crippen molar-refractivity contribution in [2.24, 2.45) is 5.92 Å². The fourth-order valence-electron chi connectivity index (χ4n) is 3.31. The predicted molar refractivity (Wildman–Crippen MR) is 83.7 cm³/mol. The summed E-state index contributed by atoms with van der Waals surface area (Å²) in [7, 11) is 0. The fraction of sp³-hybridized carbons (Fsp3) is 0.562. The van der Waals surface area contributed by atoms with Gasteiger partial charge in [-0.3, -0.25) is 0 Å². The van der Waals surface area contributed by atoms with Crippen LogP contribution in [0, 0.1) is 12.8 Å². The van der Waals surface area contributed by atoms with Crippen LogP contribution in [0.5, 0.6) is 0 Å². The molecule has 1 fully saturated rings. The van der Waals surface area contributed by atoms with Crippen molar-refractivity contribution in [1.82, 2.24) is 20.2 Å². The number of anilines is 1. The Morgan fingerprint density at radius 1 is 1.19 bits per heavy atom. The first-order chi connectivity index (χ1) is 10.2. The fourth-order valence-corrected chi connectivity index (χ4v) is 3.31. The van der Waals surface area contributed by atoms with Crippen LogP contribution < -0.4 is 5.73 Å². The lowest BCUT2D eigenvalue weighted by molar-refractivity contribution is 0.306. The summed E-state index contributed by atoms with van der Waals surface area (Å²) in [6.07, 6.45) is 6.28. The molecule has 5 heteroatoms. The third-order valence-electron chi connectivity index (χ3n) is 4.63. The van der Waals surface area contributed by atoms with Gasteiger partial charge < -0.3 is 5.73 Å². The van der Waals surface area contributed by atoms with E-state index < -0.39 is 0 Å². The maximum absolute atomic E-state index is 5.94. The van der Waals surface area contributed by atoms with Gasteiger partial charge in [-0.15, -0.1) is 5.10 Å². The van der Waals surface area contributed by atoms with E-state index in [1.165, 1.54) is 25.7 Å². The molecule has 5 nitrogen and oxygen atoms in total. The molecule has 0 amide bonds. The first-order valence-electron chi connectivity index (χ1n) is 7.81. The minimum absolute atomic E-state index is 0.387. The summed E-state index contributed by atoms with van der Waals surface area (Å²) in [4.78, 5) is 0. The van der Waals surface area contributed by atoms with E-state index in [0.29, 0.717) is 12.0 Å². The molecule has 1 heterocycles. The molecule has 2 aromatic rings. The van der Waals surface area contributed by atoms with Crippen molar-refractivity contribution < 1.29 is 0 Å². The highest BCUT2D eigenvalue weighted by Crippen LogP contribution is 2.34. The molecule has 1 aliphatic carbocycles. The molecule has 1 aromatic heterocycles. The standard InChI is InChI=1S/C16H23N5/c1-11-8-9-13(17)10-14(11)16-18-19-20-21(16)15-7-5-3-4-6-12(15)2/h8-10,12,15H,3-7,17H2,1-2H3.